The number of hydrogen-bond donors (Lipinski definition) is 0. The van der Waals surface area contributed by atoms with E-state index in [2.05, 4.69) is 13.0 Å². The second-order valence-corrected chi connectivity index (χ2v) is 7.41. The molecule has 130 valence electrons. The highest BCUT2D eigenvalue weighted by atomic mass is 35.5. The molecule has 1 atom stereocenters. The first kappa shape index (κ1) is 18.5. The van der Waals surface area contributed by atoms with Crippen molar-refractivity contribution in [2.24, 2.45) is 5.92 Å². The van der Waals surface area contributed by atoms with Crippen LogP contribution in [0.2, 0.25) is 10.0 Å². The van der Waals surface area contributed by atoms with Crippen LogP contribution in [0.4, 0.5) is 0 Å². The van der Waals surface area contributed by atoms with Crippen LogP contribution in [-0.2, 0) is 12.8 Å². The molecular weight excluding hydrogens is 373 g/mol. The molecule has 1 unspecified atom stereocenters. The van der Waals surface area contributed by atoms with E-state index in [0.29, 0.717) is 0 Å². The lowest BCUT2D eigenvalue weighted by atomic mass is 9.80. The Labute approximate surface area is 164 Å². The standard InChI is InChI=1S/C21H19Cl2N.ClH/c1-2-13-7-9-19-16(11-13)21(15-5-3-4-6-18(15)23)17-12-14(22)8-10-20(17)24-19;/h3-6,8,10,12-13H,2,7,9,11H2,1H3;1H/p-1. The SMILES string of the molecule is CCC1CCc2nc3ccc(Cl)cc3c(-c3ccccc3Cl)c2C1.[Cl-]. The summed E-state index contributed by atoms with van der Waals surface area (Å²) < 4.78 is 0. The minimum absolute atomic E-state index is 0. The number of halogens is 3. The van der Waals surface area contributed by atoms with Gasteiger partial charge in [0, 0.05) is 26.7 Å². The molecule has 0 radical (unpaired) electrons. The normalized spacial score (nSPS) is 16.4. The van der Waals surface area contributed by atoms with Crippen LogP contribution < -0.4 is 12.4 Å². The minimum Gasteiger partial charge on any atom is -1.00 e. The molecule has 1 nitrogen and oxygen atoms in total. The fourth-order valence-electron chi connectivity index (χ4n) is 3.80. The van der Waals surface area contributed by atoms with Gasteiger partial charge in [-0.05, 0) is 60.6 Å². The first-order chi connectivity index (χ1) is 11.7. The lowest BCUT2D eigenvalue weighted by Crippen LogP contribution is -3.00. The largest absolute Gasteiger partial charge is 1.00 e. The molecule has 4 heteroatoms. The topological polar surface area (TPSA) is 12.9 Å². The molecule has 0 amide bonds. The van der Waals surface area contributed by atoms with E-state index in [-0.39, 0.29) is 12.4 Å². The van der Waals surface area contributed by atoms with Gasteiger partial charge >= 0.3 is 0 Å². The van der Waals surface area contributed by atoms with Crippen LogP contribution in [0.25, 0.3) is 22.0 Å². The van der Waals surface area contributed by atoms with Crippen molar-refractivity contribution in [1.29, 1.82) is 0 Å². The van der Waals surface area contributed by atoms with Crippen molar-refractivity contribution in [2.75, 3.05) is 0 Å². The quantitative estimate of drug-likeness (QED) is 0.649. The molecule has 0 N–H and O–H groups in total. The Morgan fingerprint density at radius 3 is 2.68 bits per heavy atom. The fraction of sp³-hybridized carbons (Fsp3) is 0.286. The lowest BCUT2D eigenvalue weighted by molar-refractivity contribution is -0.00000467. The number of aryl methyl sites for hydroxylation is 1. The third-order valence-corrected chi connectivity index (χ3v) is 5.70. The predicted molar refractivity (Wildman–Crippen MR) is 103 cm³/mol. The number of nitrogens with zero attached hydrogens (tertiary/aromatic N) is 1. The molecule has 1 aliphatic carbocycles. The summed E-state index contributed by atoms with van der Waals surface area (Å²) in [6, 6.07) is 14.0. The van der Waals surface area contributed by atoms with Crippen molar-refractivity contribution < 1.29 is 12.4 Å². The van der Waals surface area contributed by atoms with Crippen LogP contribution in [0.3, 0.4) is 0 Å². The molecule has 0 bridgehead atoms. The van der Waals surface area contributed by atoms with Gasteiger partial charge in [0.05, 0.1) is 5.52 Å². The van der Waals surface area contributed by atoms with Crippen molar-refractivity contribution in [3.05, 3.63) is 63.8 Å². The van der Waals surface area contributed by atoms with Crippen molar-refractivity contribution in [3.63, 3.8) is 0 Å². The summed E-state index contributed by atoms with van der Waals surface area (Å²) in [5.74, 6) is 0.720. The molecule has 0 fully saturated rings. The zero-order valence-corrected chi connectivity index (χ0v) is 16.3. The maximum absolute atomic E-state index is 6.56. The van der Waals surface area contributed by atoms with Gasteiger partial charge < -0.3 is 12.4 Å². The summed E-state index contributed by atoms with van der Waals surface area (Å²) in [5.41, 5.74) is 5.89. The Morgan fingerprint density at radius 2 is 1.92 bits per heavy atom. The Hall–Kier alpha value is -1.28. The molecule has 3 aromatic rings. The molecule has 0 spiro atoms. The Morgan fingerprint density at radius 1 is 1.12 bits per heavy atom. The van der Waals surface area contributed by atoms with Gasteiger partial charge in [0.15, 0.2) is 0 Å². The number of rotatable bonds is 2. The zero-order chi connectivity index (χ0) is 16.7. The van der Waals surface area contributed by atoms with E-state index in [0.717, 1.165) is 45.3 Å². The molecule has 1 aliphatic rings. The molecule has 0 saturated carbocycles. The summed E-state index contributed by atoms with van der Waals surface area (Å²) in [4.78, 5) is 4.94. The molecule has 4 rings (SSSR count). The second kappa shape index (κ2) is 7.53. The third-order valence-electron chi connectivity index (χ3n) is 5.14. The number of hydrogen-bond acceptors (Lipinski definition) is 1. The zero-order valence-electron chi connectivity index (χ0n) is 14.0. The van der Waals surface area contributed by atoms with Crippen LogP contribution >= 0.6 is 23.2 Å². The van der Waals surface area contributed by atoms with E-state index in [1.807, 2.05) is 36.4 Å². The second-order valence-electron chi connectivity index (χ2n) is 6.57. The minimum atomic E-state index is 0. The summed E-state index contributed by atoms with van der Waals surface area (Å²) in [6.07, 6.45) is 4.54. The summed E-state index contributed by atoms with van der Waals surface area (Å²) >= 11 is 12.9. The monoisotopic (exact) mass is 390 g/mol. The van der Waals surface area contributed by atoms with Gasteiger partial charge in [0.1, 0.15) is 0 Å². The van der Waals surface area contributed by atoms with Crippen molar-refractivity contribution in [1.82, 2.24) is 4.98 Å². The van der Waals surface area contributed by atoms with Crippen LogP contribution in [-0.4, -0.2) is 4.98 Å². The number of fused-ring (bicyclic) bond motifs is 2. The Kier molecular flexibility index (Phi) is 5.58. The van der Waals surface area contributed by atoms with E-state index in [9.17, 15) is 0 Å². The average molecular weight is 392 g/mol. The number of pyridine rings is 1. The summed E-state index contributed by atoms with van der Waals surface area (Å²) in [7, 11) is 0. The van der Waals surface area contributed by atoms with Gasteiger partial charge in [0.2, 0.25) is 0 Å². The maximum atomic E-state index is 6.56. The molecule has 1 aromatic heterocycles. The first-order valence-corrected chi connectivity index (χ1v) is 9.29. The van der Waals surface area contributed by atoms with Gasteiger partial charge in [-0.15, -0.1) is 0 Å². The molecular formula is C21H19Cl3N-. The van der Waals surface area contributed by atoms with Crippen LogP contribution in [0.1, 0.15) is 31.0 Å². The maximum Gasteiger partial charge on any atom is 0.0712 e. The van der Waals surface area contributed by atoms with E-state index in [4.69, 9.17) is 28.2 Å². The van der Waals surface area contributed by atoms with Crippen molar-refractivity contribution in [2.45, 2.75) is 32.6 Å². The Balaban J connectivity index is 0.00000182. The van der Waals surface area contributed by atoms with Crippen molar-refractivity contribution in [3.8, 4) is 11.1 Å². The predicted octanol–water partition coefficient (Wildman–Crippen LogP) is 3.73. The van der Waals surface area contributed by atoms with Gasteiger partial charge in [0.25, 0.3) is 0 Å². The Bertz CT molecular complexity index is 920. The van der Waals surface area contributed by atoms with Gasteiger partial charge in [-0.1, -0.05) is 54.7 Å². The van der Waals surface area contributed by atoms with Gasteiger partial charge in [-0.2, -0.15) is 0 Å². The summed E-state index contributed by atoms with van der Waals surface area (Å²) in [6.45, 7) is 2.27. The van der Waals surface area contributed by atoms with Gasteiger partial charge in [-0.3, -0.25) is 4.98 Å². The highest BCUT2D eigenvalue weighted by Gasteiger charge is 2.24. The van der Waals surface area contributed by atoms with E-state index in [1.165, 1.54) is 29.7 Å². The molecule has 1 heterocycles. The number of benzene rings is 2. The van der Waals surface area contributed by atoms with Crippen LogP contribution in [0.15, 0.2) is 42.5 Å². The van der Waals surface area contributed by atoms with Crippen molar-refractivity contribution >= 4 is 34.1 Å². The third kappa shape index (κ3) is 3.38. The van der Waals surface area contributed by atoms with Crippen LogP contribution in [0, 0.1) is 5.92 Å². The highest BCUT2D eigenvalue weighted by Crippen LogP contribution is 2.41. The molecule has 0 saturated heterocycles. The fourth-order valence-corrected chi connectivity index (χ4v) is 4.21. The van der Waals surface area contributed by atoms with E-state index in [1.54, 1.807) is 0 Å². The molecule has 2 aromatic carbocycles. The van der Waals surface area contributed by atoms with Gasteiger partial charge in [-0.25, -0.2) is 0 Å². The summed E-state index contributed by atoms with van der Waals surface area (Å²) in [5, 5.41) is 2.62. The number of aromatic nitrogens is 1. The first-order valence-electron chi connectivity index (χ1n) is 8.53. The average Bonchev–Trinajstić information content (AvgIpc) is 2.60. The molecule has 0 aliphatic heterocycles. The van der Waals surface area contributed by atoms with E-state index >= 15 is 0 Å². The molecule has 25 heavy (non-hydrogen) atoms. The lowest BCUT2D eigenvalue weighted by Gasteiger charge is -2.27. The smallest absolute Gasteiger partial charge is 0.0712 e. The van der Waals surface area contributed by atoms with Crippen LogP contribution in [0.5, 0.6) is 0 Å². The highest BCUT2D eigenvalue weighted by molar-refractivity contribution is 6.34. The van der Waals surface area contributed by atoms with E-state index < -0.39 is 0 Å².